The standard InChI is InChI=1S/C22H17FN4O3/c23-15-3-6-17(7-4-15)27-22(26-9-1-2-10-26)18(14-24-27)21(28)25-16-5-8-19-20(13-16)30-12-11-29-19/h1-10,13-14H,11-12H2,(H,25,28). The Morgan fingerprint density at radius 3 is 2.50 bits per heavy atom. The normalized spacial score (nSPS) is 12.6. The monoisotopic (exact) mass is 404 g/mol. The molecule has 0 unspecified atom stereocenters. The lowest BCUT2D eigenvalue weighted by molar-refractivity contribution is 0.102. The van der Waals surface area contributed by atoms with Gasteiger partial charge in [0.2, 0.25) is 0 Å². The summed E-state index contributed by atoms with van der Waals surface area (Å²) < 4.78 is 27.8. The predicted molar refractivity (Wildman–Crippen MR) is 108 cm³/mol. The maximum atomic E-state index is 13.4. The maximum absolute atomic E-state index is 13.4. The summed E-state index contributed by atoms with van der Waals surface area (Å²) in [5.74, 6) is 1.11. The molecule has 1 N–H and O–H groups in total. The van der Waals surface area contributed by atoms with Gasteiger partial charge in [0.05, 0.1) is 11.9 Å². The van der Waals surface area contributed by atoms with Crippen molar-refractivity contribution in [2.45, 2.75) is 0 Å². The highest BCUT2D eigenvalue weighted by molar-refractivity contribution is 6.06. The summed E-state index contributed by atoms with van der Waals surface area (Å²) in [6.07, 6.45) is 5.13. The molecule has 0 spiro atoms. The van der Waals surface area contributed by atoms with Gasteiger partial charge in [0.15, 0.2) is 17.3 Å². The lowest BCUT2D eigenvalue weighted by Crippen LogP contribution is -2.17. The van der Waals surface area contributed by atoms with Crippen molar-refractivity contribution in [3.05, 3.63) is 84.6 Å². The van der Waals surface area contributed by atoms with Crippen molar-refractivity contribution in [2.75, 3.05) is 18.5 Å². The van der Waals surface area contributed by atoms with Crippen molar-refractivity contribution in [1.29, 1.82) is 0 Å². The highest BCUT2D eigenvalue weighted by Crippen LogP contribution is 2.33. The predicted octanol–water partition coefficient (Wildman–Crippen LogP) is 3.83. The Bertz CT molecular complexity index is 1200. The van der Waals surface area contributed by atoms with Crippen molar-refractivity contribution < 1.29 is 18.7 Å². The molecule has 0 radical (unpaired) electrons. The SMILES string of the molecule is O=C(Nc1ccc2c(c1)OCCO2)c1cnn(-c2ccc(F)cc2)c1-n1cccc1. The summed E-state index contributed by atoms with van der Waals surface area (Å²) in [5, 5.41) is 7.26. The van der Waals surface area contributed by atoms with E-state index in [2.05, 4.69) is 10.4 Å². The highest BCUT2D eigenvalue weighted by Gasteiger charge is 2.21. The van der Waals surface area contributed by atoms with Crippen LogP contribution < -0.4 is 14.8 Å². The Morgan fingerprint density at radius 2 is 1.73 bits per heavy atom. The van der Waals surface area contributed by atoms with E-state index in [0.29, 0.717) is 47.5 Å². The van der Waals surface area contributed by atoms with Gasteiger partial charge in [0, 0.05) is 24.1 Å². The third-order valence-corrected chi connectivity index (χ3v) is 4.71. The Hall–Kier alpha value is -4.07. The number of amides is 1. The van der Waals surface area contributed by atoms with Crippen LogP contribution in [0.5, 0.6) is 11.5 Å². The maximum Gasteiger partial charge on any atom is 0.261 e. The molecule has 7 nitrogen and oxygen atoms in total. The minimum Gasteiger partial charge on any atom is -0.486 e. The molecule has 1 aliphatic rings. The summed E-state index contributed by atoms with van der Waals surface area (Å²) in [7, 11) is 0. The second-order valence-electron chi connectivity index (χ2n) is 6.67. The molecule has 1 amide bonds. The first kappa shape index (κ1) is 18.0. The fraction of sp³-hybridized carbons (Fsp3) is 0.0909. The minimum absolute atomic E-state index is 0.330. The molecule has 0 fully saturated rings. The number of anilines is 1. The third-order valence-electron chi connectivity index (χ3n) is 4.71. The fourth-order valence-corrected chi connectivity index (χ4v) is 3.32. The first-order valence-electron chi connectivity index (χ1n) is 9.37. The van der Waals surface area contributed by atoms with Crippen LogP contribution in [0.1, 0.15) is 10.4 Å². The summed E-state index contributed by atoms with van der Waals surface area (Å²) >= 11 is 0. The lowest BCUT2D eigenvalue weighted by Gasteiger charge is -2.19. The molecule has 4 aromatic rings. The molecular formula is C22H17FN4O3. The Balaban J connectivity index is 1.51. The third kappa shape index (κ3) is 3.28. The van der Waals surface area contributed by atoms with Crippen LogP contribution in [0.3, 0.4) is 0 Å². The van der Waals surface area contributed by atoms with Crippen molar-refractivity contribution in [2.24, 2.45) is 0 Å². The molecule has 0 atom stereocenters. The Morgan fingerprint density at radius 1 is 1.00 bits per heavy atom. The molecular weight excluding hydrogens is 387 g/mol. The Kier molecular flexibility index (Phi) is 4.44. The number of nitrogens with zero attached hydrogens (tertiary/aromatic N) is 3. The van der Waals surface area contributed by atoms with E-state index in [4.69, 9.17) is 9.47 Å². The van der Waals surface area contributed by atoms with E-state index in [1.165, 1.54) is 18.3 Å². The van der Waals surface area contributed by atoms with Gasteiger partial charge in [-0.05, 0) is 48.5 Å². The molecule has 150 valence electrons. The van der Waals surface area contributed by atoms with Gasteiger partial charge in [0.1, 0.15) is 24.6 Å². The molecule has 0 aliphatic carbocycles. The quantitative estimate of drug-likeness (QED) is 0.561. The zero-order chi connectivity index (χ0) is 20.5. The van der Waals surface area contributed by atoms with Gasteiger partial charge >= 0.3 is 0 Å². The van der Waals surface area contributed by atoms with E-state index in [1.807, 2.05) is 24.5 Å². The number of ether oxygens (including phenoxy) is 2. The van der Waals surface area contributed by atoms with E-state index in [9.17, 15) is 9.18 Å². The van der Waals surface area contributed by atoms with Crippen molar-refractivity contribution in [3.8, 4) is 23.0 Å². The molecule has 8 heteroatoms. The number of hydrogen-bond donors (Lipinski definition) is 1. The number of carbonyl (C=O) groups excluding carboxylic acids is 1. The average molecular weight is 404 g/mol. The van der Waals surface area contributed by atoms with Crippen LogP contribution in [0.4, 0.5) is 10.1 Å². The highest BCUT2D eigenvalue weighted by atomic mass is 19.1. The van der Waals surface area contributed by atoms with E-state index in [1.54, 1.807) is 39.6 Å². The molecule has 0 saturated heterocycles. The van der Waals surface area contributed by atoms with Crippen LogP contribution >= 0.6 is 0 Å². The minimum atomic E-state index is -0.343. The number of halogens is 1. The van der Waals surface area contributed by atoms with Crippen LogP contribution in [0.25, 0.3) is 11.5 Å². The zero-order valence-electron chi connectivity index (χ0n) is 15.8. The summed E-state index contributed by atoms with van der Waals surface area (Å²) in [5.41, 5.74) is 1.58. The smallest absolute Gasteiger partial charge is 0.261 e. The molecule has 2 aromatic carbocycles. The van der Waals surface area contributed by atoms with Gasteiger partial charge in [-0.25, -0.2) is 9.07 Å². The summed E-state index contributed by atoms with van der Waals surface area (Å²) in [6.45, 7) is 0.966. The van der Waals surface area contributed by atoms with Crippen LogP contribution in [0.2, 0.25) is 0 Å². The van der Waals surface area contributed by atoms with Gasteiger partial charge in [-0.3, -0.25) is 4.79 Å². The van der Waals surface area contributed by atoms with E-state index in [0.717, 1.165) is 0 Å². The van der Waals surface area contributed by atoms with Crippen LogP contribution in [0.15, 0.2) is 73.2 Å². The number of rotatable bonds is 4. The number of hydrogen-bond acceptors (Lipinski definition) is 4. The molecule has 3 heterocycles. The second kappa shape index (κ2) is 7.40. The summed E-state index contributed by atoms with van der Waals surface area (Å²) in [4.78, 5) is 13.1. The van der Waals surface area contributed by atoms with Crippen LogP contribution in [-0.4, -0.2) is 33.5 Å². The average Bonchev–Trinajstić information content (AvgIpc) is 3.44. The molecule has 5 rings (SSSR count). The first-order valence-corrected chi connectivity index (χ1v) is 9.37. The lowest BCUT2D eigenvalue weighted by atomic mass is 10.2. The Labute approximate surface area is 171 Å². The van der Waals surface area contributed by atoms with Gasteiger partial charge in [-0.2, -0.15) is 5.10 Å². The molecule has 30 heavy (non-hydrogen) atoms. The van der Waals surface area contributed by atoms with Gasteiger partial charge in [0.25, 0.3) is 5.91 Å². The molecule has 2 aromatic heterocycles. The van der Waals surface area contributed by atoms with E-state index < -0.39 is 0 Å². The van der Waals surface area contributed by atoms with Gasteiger partial charge < -0.3 is 19.4 Å². The molecule has 1 aliphatic heterocycles. The van der Waals surface area contributed by atoms with E-state index in [-0.39, 0.29) is 11.7 Å². The summed E-state index contributed by atoms with van der Waals surface area (Å²) in [6, 6.07) is 14.9. The van der Waals surface area contributed by atoms with Gasteiger partial charge in [-0.15, -0.1) is 0 Å². The van der Waals surface area contributed by atoms with Crippen LogP contribution in [0, 0.1) is 5.82 Å². The van der Waals surface area contributed by atoms with Crippen LogP contribution in [-0.2, 0) is 0 Å². The van der Waals surface area contributed by atoms with Crippen molar-refractivity contribution >= 4 is 11.6 Å². The number of aromatic nitrogens is 3. The first-order chi connectivity index (χ1) is 14.7. The number of nitrogens with one attached hydrogen (secondary N) is 1. The van der Waals surface area contributed by atoms with Gasteiger partial charge in [-0.1, -0.05) is 0 Å². The zero-order valence-corrected chi connectivity index (χ0v) is 15.8. The van der Waals surface area contributed by atoms with Crippen molar-refractivity contribution in [3.63, 3.8) is 0 Å². The molecule has 0 bridgehead atoms. The van der Waals surface area contributed by atoms with Crippen molar-refractivity contribution in [1.82, 2.24) is 14.3 Å². The molecule has 0 saturated carbocycles. The topological polar surface area (TPSA) is 70.3 Å². The second-order valence-corrected chi connectivity index (χ2v) is 6.67. The number of benzene rings is 2. The largest absolute Gasteiger partial charge is 0.486 e. The number of fused-ring (bicyclic) bond motifs is 1. The van der Waals surface area contributed by atoms with E-state index >= 15 is 0 Å². The number of carbonyl (C=O) groups is 1. The fourth-order valence-electron chi connectivity index (χ4n) is 3.32.